The number of carbonyl (C=O) groups is 1. The Hall–Kier alpha value is -2.41. The smallest absolute Gasteiger partial charge is 0.328 e. The van der Waals surface area contributed by atoms with E-state index in [1.54, 1.807) is 24.3 Å². The number of morpholine rings is 1. The molecule has 1 aliphatic heterocycles. The van der Waals surface area contributed by atoms with E-state index in [1.807, 2.05) is 4.90 Å². The van der Waals surface area contributed by atoms with E-state index in [1.165, 1.54) is 4.57 Å². The average Bonchev–Trinajstić information content (AvgIpc) is 3.10. The normalized spacial score (nSPS) is 23.0. The van der Waals surface area contributed by atoms with Crippen molar-refractivity contribution in [1.29, 1.82) is 0 Å². The molecular formula is C18H21N3O4. The Morgan fingerprint density at radius 3 is 2.96 bits per heavy atom. The Kier molecular flexibility index (Phi) is 4.17. The molecule has 0 unspecified atom stereocenters. The Balaban J connectivity index is 1.55. The van der Waals surface area contributed by atoms with Crippen LogP contribution >= 0.6 is 0 Å². The lowest BCUT2D eigenvalue weighted by Gasteiger charge is -2.37. The Bertz CT molecular complexity index is 916. The molecule has 132 valence electrons. The van der Waals surface area contributed by atoms with Gasteiger partial charge >= 0.3 is 5.69 Å². The average molecular weight is 343 g/mol. The maximum absolute atomic E-state index is 12.7. The third-order valence-corrected chi connectivity index (χ3v) is 5.26. The highest BCUT2D eigenvalue weighted by molar-refractivity contribution is 5.79. The van der Waals surface area contributed by atoms with Crippen molar-refractivity contribution in [2.45, 2.75) is 44.4 Å². The van der Waals surface area contributed by atoms with E-state index in [4.69, 9.17) is 4.74 Å². The van der Waals surface area contributed by atoms with Crippen LogP contribution in [-0.4, -0.2) is 45.7 Å². The first-order chi connectivity index (χ1) is 12.1. The standard InChI is InChI=1S/C18H21N3O4/c22-16(20-10-11-25-15-7-3-6-14(15)20)8-9-21-13-5-2-1-4-12(13)17(23)19-18(21)24/h1-2,4-5,14-15H,3,6-11H2,(H,19,23,24)/t14-,15-/m1/s1. The molecule has 0 bridgehead atoms. The first kappa shape index (κ1) is 16.1. The molecule has 1 aliphatic carbocycles. The summed E-state index contributed by atoms with van der Waals surface area (Å²) in [5.74, 6) is 0.0439. The molecule has 2 fully saturated rings. The summed E-state index contributed by atoms with van der Waals surface area (Å²) in [5, 5.41) is 0.455. The largest absolute Gasteiger partial charge is 0.374 e. The number of para-hydroxylation sites is 1. The zero-order valence-corrected chi connectivity index (χ0v) is 13.9. The van der Waals surface area contributed by atoms with Crippen LogP contribution in [0.15, 0.2) is 33.9 Å². The summed E-state index contributed by atoms with van der Waals surface area (Å²) >= 11 is 0. The summed E-state index contributed by atoms with van der Waals surface area (Å²) in [6.45, 7) is 1.44. The van der Waals surface area contributed by atoms with Gasteiger partial charge < -0.3 is 9.64 Å². The number of aromatic nitrogens is 2. The molecule has 25 heavy (non-hydrogen) atoms. The Labute approximate surface area is 144 Å². The monoisotopic (exact) mass is 343 g/mol. The number of ether oxygens (including phenoxy) is 1. The van der Waals surface area contributed by atoms with Crippen LogP contribution in [-0.2, 0) is 16.1 Å². The molecule has 2 heterocycles. The number of rotatable bonds is 3. The van der Waals surface area contributed by atoms with Gasteiger partial charge in [-0.2, -0.15) is 0 Å². The third-order valence-electron chi connectivity index (χ3n) is 5.26. The maximum atomic E-state index is 12.7. The fraction of sp³-hybridized carbons (Fsp3) is 0.500. The van der Waals surface area contributed by atoms with E-state index in [0.717, 1.165) is 19.3 Å². The molecule has 0 spiro atoms. The van der Waals surface area contributed by atoms with E-state index in [0.29, 0.717) is 24.1 Å². The van der Waals surface area contributed by atoms with Crippen LogP contribution in [0.5, 0.6) is 0 Å². The fourth-order valence-corrected chi connectivity index (χ4v) is 4.05. The van der Waals surface area contributed by atoms with Crippen LogP contribution in [0.4, 0.5) is 0 Å². The summed E-state index contributed by atoms with van der Waals surface area (Å²) in [5.41, 5.74) is -0.313. The number of aryl methyl sites for hydroxylation is 1. The topological polar surface area (TPSA) is 84.4 Å². The van der Waals surface area contributed by atoms with Gasteiger partial charge in [-0.1, -0.05) is 12.1 Å². The molecular weight excluding hydrogens is 322 g/mol. The minimum atomic E-state index is -0.475. The molecule has 1 aromatic heterocycles. The van der Waals surface area contributed by atoms with Crippen molar-refractivity contribution in [2.24, 2.45) is 0 Å². The molecule has 1 amide bonds. The summed E-state index contributed by atoms with van der Waals surface area (Å²) in [7, 11) is 0. The van der Waals surface area contributed by atoms with E-state index < -0.39 is 11.2 Å². The zero-order chi connectivity index (χ0) is 17.4. The fourth-order valence-electron chi connectivity index (χ4n) is 4.05. The zero-order valence-electron chi connectivity index (χ0n) is 13.9. The van der Waals surface area contributed by atoms with Gasteiger partial charge in [0.25, 0.3) is 5.56 Å². The van der Waals surface area contributed by atoms with Crippen LogP contribution in [0.3, 0.4) is 0 Å². The molecule has 2 atom stereocenters. The minimum absolute atomic E-state index is 0.0439. The van der Waals surface area contributed by atoms with Crippen LogP contribution in [0.2, 0.25) is 0 Å². The number of nitrogens with one attached hydrogen (secondary N) is 1. The number of nitrogens with zero attached hydrogens (tertiary/aromatic N) is 2. The summed E-state index contributed by atoms with van der Waals surface area (Å²) in [4.78, 5) is 41.0. The SMILES string of the molecule is O=C(CCn1c(=O)[nH]c(=O)c2ccccc21)N1CCO[C@@H]2CCC[C@H]21. The minimum Gasteiger partial charge on any atom is -0.374 e. The van der Waals surface area contributed by atoms with Crippen molar-refractivity contribution in [3.8, 4) is 0 Å². The van der Waals surface area contributed by atoms with Gasteiger partial charge in [0.2, 0.25) is 5.91 Å². The first-order valence-corrected chi connectivity index (χ1v) is 8.78. The molecule has 1 N–H and O–H groups in total. The second-order valence-corrected chi connectivity index (χ2v) is 6.67. The molecule has 1 saturated heterocycles. The summed E-state index contributed by atoms with van der Waals surface area (Å²) < 4.78 is 7.22. The molecule has 2 aliphatic rings. The van der Waals surface area contributed by atoms with Crippen molar-refractivity contribution in [2.75, 3.05) is 13.2 Å². The molecule has 4 rings (SSSR count). The van der Waals surface area contributed by atoms with Crippen molar-refractivity contribution >= 4 is 16.8 Å². The number of benzene rings is 1. The predicted molar refractivity (Wildman–Crippen MR) is 92.5 cm³/mol. The number of H-pyrrole nitrogens is 1. The van der Waals surface area contributed by atoms with Gasteiger partial charge in [-0.25, -0.2) is 4.79 Å². The summed E-state index contributed by atoms with van der Waals surface area (Å²) in [6, 6.07) is 7.12. The lowest BCUT2D eigenvalue weighted by Crippen LogP contribution is -2.51. The van der Waals surface area contributed by atoms with Gasteiger partial charge in [0, 0.05) is 19.5 Å². The second-order valence-electron chi connectivity index (χ2n) is 6.67. The molecule has 1 aromatic carbocycles. The third kappa shape index (κ3) is 2.89. The molecule has 7 heteroatoms. The highest BCUT2D eigenvalue weighted by Gasteiger charge is 2.38. The van der Waals surface area contributed by atoms with Crippen molar-refractivity contribution in [3.63, 3.8) is 0 Å². The highest BCUT2D eigenvalue weighted by atomic mass is 16.5. The van der Waals surface area contributed by atoms with Gasteiger partial charge in [0.15, 0.2) is 0 Å². The van der Waals surface area contributed by atoms with E-state index >= 15 is 0 Å². The van der Waals surface area contributed by atoms with Gasteiger partial charge in [0.05, 0.1) is 29.7 Å². The van der Waals surface area contributed by atoms with E-state index in [2.05, 4.69) is 4.98 Å². The lowest BCUT2D eigenvalue weighted by atomic mass is 10.1. The van der Waals surface area contributed by atoms with Crippen molar-refractivity contribution in [3.05, 3.63) is 45.1 Å². The van der Waals surface area contributed by atoms with Crippen molar-refractivity contribution in [1.82, 2.24) is 14.5 Å². The molecule has 2 aromatic rings. The van der Waals surface area contributed by atoms with Crippen molar-refractivity contribution < 1.29 is 9.53 Å². The number of aromatic amines is 1. The molecule has 0 radical (unpaired) electrons. The van der Waals surface area contributed by atoms with Crippen LogP contribution < -0.4 is 11.2 Å². The quantitative estimate of drug-likeness (QED) is 0.896. The van der Waals surface area contributed by atoms with Gasteiger partial charge in [-0.15, -0.1) is 0 Å². The maximum Gasteiger partial charge on any atom is 0.328 e. The number of fused-ring (bicyclic) bond motifs is 2. The van der Waals surface area contributed by atoms with Gasteiger partial charge in [-0.05, 0) is 31.4 Å². The van der Waals surface area contributed by atoms with Crippen LogP contribution in [0.25, 0.3) is 10.9 Å². The van der Waals surface area contributed by atoms with Gasteiger partial charge in [0.1, 0.15) is 0 Å². The number of hydrogen-bond acceptors (Lipinski definition) is 4. The lowest BCUT2D eigenvalue weighted by molar-refractivity contribution is -0.144. The van der Waals surface area contributed by atoms with E-state index in [9.17, 15) is 14.4 Å². The van der Waals surface area contributed by atoms with Gasteiger partial charge in [-0.3, -0.25) is 19.1 Å². The van der Waals surface area contributed by atoms with E-state index in [-0.39, 0.29) is 31.0 Å². The molecule has 1 saturated carbocycles. The predicted octanol–water partition coefficient (Wildman–Crippen LogP) is 0.860. The van der Waals surface area contributed by atoms with Crippen LogP contribution in [0.1, 0.15) is 25.7 Å². The van der Waals surface area contributed by atoms with Crippen LogP contribution in [0, 0.1) is 0 Å². The highest BCUT2D eigenvalue weighted by Crippen LogP contribution is 2.30. The second kappa shape index (κ2) is 6.48. The first-order valence-electron chi connectivity index (χ1n) is 8.78. The Morgan fingerprint density at radius 2 is 2.08 bits per heavy atom. The summed E-state index contributed by atoms with van der Waals surface area (Å²) in [6.07, 6.45) is 3.48. The Morgan fingerprint density at radius 1 is 1.24 bits per heavy atom. The number of amides is 1. The number of hydrogen-bond donors (Lipinski definition) is 1. The number of carbonyl (C=O) groups excluding carboxylic acids is 1. The molecule has 7 nitrogen and oxygen atoms in total.